The Hall–Kier alpha value is -7.94. The van der Waals surface area contributed by atoms with Crippen LogP contribution in [0.1, 0.15) is 0 Å². The number of para-hydroxylation sites is 1. The summed E-state index contributed by atoms with van der Waals surface area (Å²) < 4.78 is 6.19. The minimum atomic E-state index is 0.902. The molecule has 0 aliphatic carbocycles. The van der Waals surface area contributed by atoms with E-state index in [0.717, 1.165) is 55.7 Å². The van der Waals surface area contributed by atoms with Gasteiger partial charge in [0.25, 0.3) is 0 Å². The van der Waals surface area contributed by atoms with Gasteiger partial charge < -0.3 is 9.32 Å². The average Bonchev–Trinajstić information content (AvgIpc) is 3.71. The van der Waals surface area contributed by atoms with Crippen LogP contribution < -0.4 is 4.90 Å². The van der Waals surface area contributed by atoms with Gasteiger partial charge in [-0.05, 0) is 116 Å². The fourth-order valence-electron chi connectivity index (χ4n) is 8.76. The number of rotatable bonds is 8. The van der Waals surface area contributed by atoms with Crippen molar-refractivity contribution in [3.63, 3.8) is 0 Å². The van der Waals surface area contributed by atoms with E-state index in [1.54, 1.807) is 0 Å². The van der Waals surface area contributed by atoms with E-state index < -0.39 is 0 Å². The summed E-state index contributed by atoms with van der Waals surface area (Å²) in [6.45, 7) is 0. The largest absolute Gasteiger partial charge is 0.456 e. The zero-order chi connectivity index (χ0) is 39.8. The van der Waals surface area contributed by atoms with E-state index in [1.165, 1.54) is 49.7 Å². The first-order chi connectivity index (χ1) is 29.7. The van der Waals surface area contributed by atoms with Crippen molar-refractivity contribution in [3.8, 4) is 55.6 Å². The third kappa shape index (κ3) is 6.41. The first-order valence-electron chi connectivity index (χ1n) is 20.5. The van der Waals surface area contributed by atoms with Gasteiger partial charge in [0.1, 0.15) is 11.2 Å². The van der Waals surface area contributed by atoms with Crippen molar-refractivity contribution in [2.24, 2.45) is 0 Å². The van der Waals surface area contributed by atoms with Crippen LogP contribution in [-0.2, 0) is 0 Å². The lowest BCUT2D eigenvalue weighted by Gasteiger charge is -2.28. The number of benzene rings is 10. The van der Waals surface area contributed by atoms with Crippen molar-refractivity contribution in [1.29, 1.82) is 0 Å². The highest BCUT2D eigenvalue weighted by Crippen LogP contribution is 2.44. The summed E-state index contributed by atoms with van der Waals surface area (Å²) in [6, 6.07) is 85.0. The molecule has 0 radical (unpaired) electrons. The molecule has 0 fully saturated rings. The molecule has 11 aromatic rings. The molecular formula is C58H39NO. The quantitative estimate of drug-likeness (QED) is 0.153. The highest BCUT2D eigenvalue weighted by molar-refractivity contribution is 6.07. The van der Waals surface area contributed by atoms with Crippen molar-refractivity contribution >= 4 is 49.8 Å². The Balaban J connectivity index is 1.03. The second-order valence-corrected chi connectivity index (χ2v) is 15.3. The van der Waals surface area contributed by atoms with Crippen molar-refractivity contribution in [2.45, 2.75) is 0 Å². The summed E-state index contributed by atoms with van der Waals surface area (Å²) in [7, 11) is 0. The Morgan fingerprint density at radius 3 is 1.52 bits per heavy atom. The third-order valence-electron chi connectivity index (χ3n) is 11.7. The van der Waals surface area contributed by atoms with Gasteiger partial charge in [0.15, 0.2) is 0 Å². The smallest absolute Gasteiger partial charge is 0.135 e. The van der Waals surface area contributed by atoms with Crippen LogP contribution in [0.4, 0.5) is 17.1 Å². The van der Waals surface area contributed by atoms with E-state index in [1.807, 2.05) is 12.1 Å². The fourth-order valence-corrected chi connectivity index (χ4v) is 8.76. The lowest BCUT2D eigenvalue weighted by molar-refractivity contribution is 0.669. The molecule has 0 aliphatic rings. The highest BCUT2D eigenvalue weighted by Gasteiger charge is 2.19. The molecule has 2 nitrogen and oxygen atoms in total. The van der Waals surface area contributed by atoms with Crippen LogP contribution in [0.3, 0.4) is 0 Å². The Morgan fingerprint density at radius 2 is 0.783 bits per heavy atom. The molecule has 0 atom stereocenters. The van der Waals surface area contributed by atoms with Gasteiger partial charge in [0, 0.05) is 27.5 Å². The molecule has 0 spiro atoms. The van der Waals surface area contributed by atoms with E-state index in [9.17, 15) is 0 Å². The molecule has 10 aromatic carbocycles. The number of fused-ring (bicyclic) bond motifs is 4. The summed E-state index contributed by atoms with van der Waals surface area (Å²) >= 11 is 0. The molecule has 0 saturated carbocycles. The summed E-state index contributed by atoms with van der Waals surface area (Å²) in [4.78, 5) is 2.40. The van der Waals surface area contributed by atoms with Crippen molar-refractivity contribution in [3.05, 3.63) is 237 Å². The summed E-state index contributed by atoms with van der Waals surface area (Å²) in [5.41, 5.74) is 16.9. The lowest BCUT2D eigenvalue weighted by Crippen LogP contribution is -2.10. The highest BCUT2D eigenvalue weighted by atomic mass is 16.3. The summed E-state index contributed by atoms with van der Waals surface area (Å²) in [5.74, 6) is 0. The van der Waals surface area contributed by atoms with E-state index in [0.29, 0.717) is 0 Å². The average molecular weight is 766 g/mol. The maximum atomic E-state index is 6.19. The molecule has 60 heavy (non-hydrogen) atoms. The molecule has 0 amide bonds. The van der Waals surface area contributed by atoms with Gasteiger partial charge in [-0.2, -0.15) is 0 Å². The predicted octanol–water partition coefficient (Wildman–Crippen LogP) is 16.5. The summed E-state index contributed by atoms with van der Waals surface area (Å²) in [6.07, 6.45) is 0. The number of anilines is 3. The van der Waals surface area contributed by atoms with E-state index in [4.69, 9.17) is 4.42 Å². The van der Waals surface area contributed by atoms with Crippen LogP contribution in [0.15, 0.2) is 241 Å². The Bertz CT molecular complexity index is 3290. The van der Waals surface area contributed by atoms with Crippen LogP contribution in [0.25, 0.3) is 88.3 Å². The topological polar surface area (TPSA) is 16.4 Å². The lowest BCUT2D eigenvalue weighted by atomic mass is 9.90. The first-order valence-corrected chi connectivity index (χ1v) is 20.5. The molecule has 0 N–H and O–H groups in total. The molecule has 1 heterocycles. The predicted molar refractivity (Wildman–Crippen MR) is 253 cm³/mol. The van der Waals surface area contributed by atoms with E-state index in [-0.39, 0.29) is 0 Å². The number of furan rings is 1. The minimum Gasteiger partial charge on any atom is -0.456 e. The van der Waals surface area contributed by atoms with Gasteiger partial charge in [0.05, 0.1) is 5.69 Å². The van der Waals surface area contributed by atoms with Gasteiger partial charge in [0.2, 0.25) is 0 Å². The molecule has 0 aliphatic heterocycles. The van der Waals surface area contributed by atoms with Crippen LogP contribution in [0.2, 0.25) is 0 Å². The Labute approximate surface area is 349 Å². The fraction of sp³-hybridized carbons (Fsp3) is 0. The van der Waals surface area contributed by atoms with Crippen molar-refractivity contribution in [2.75, 3.05) is 4.90 Å². The van der Waals surface area contributed by atoms with Gasteiger partial charge in [-0.15, -0.1) is 0 Å². The molecule has 0 bridgehead atoms. The SMILES string of the molecule is c1ccc(-c2ccc(N(c3ccc(-c4ccc(-c5ccc6oc7ccccc7c6c5)c(-c5ccccc5)c4)cc3)c3cccc4ccccc34)cc2-c2ccccc2)cc1. The van der Waals surface area contributed by atoms with Crippen LogP contribution in [0, 0.1) is 0 Å². The van der Waals surface area contributed by atoms with Gasteiger partial charge in [-0.25, -0.2) is 0 Å². The Morgan fingerprint density at radius 1 is 0.267 bits per heavy atom. The third-order valence-corrected chi connectivity index (χ3v) is 11.7. The van der Waals surface area contributed by atoms with Crippen LogP contribution in [-0.4, -0.2) is 0 Å². The molecule has 282 valence electrons. The number of hydrogen-bond donors (Lipinski definition) is 0. The van der Waals surface area contributed by atoms with Crippen molar-refractivity contribution in [1.82, 2.24) is 0 Å². The molecule has 0 saturated heterocycles. The normalized spacial score (nSPS) is 11.3. The molecule has 11 rings (SSSR count). The molecule has 2 heteroatoms. The Kier molecular flexibility index (Phi) is 8.87. The second kappa shape index (κ2) is 15.1. The zero-order valence-corrected chi connectivity index (χ0v) is 32.9. The maximum absolute atomic E-state index is 6.19. The zero-order valence-electron chi connectivity index (χ0n) is 32.9. The van der Waals surface area contributed by atoms with Gasteiger partial charge >= 0.3 is 0 Å². The minimum absolute atomic E-state index is 0.902. The molecule has 1 aromatic heterocycles. The monoisotopic (exact) mass is 765 g/mol. The van der Waals surface area contributed by atoms with E-state index in [2.05, 4.69) is 229 Å². The van der Waals surface area contributed by atoms with E-state index >= 15 is 0 Å². The van der Waals surface area contributed by atoms with Crippen molar-refractivity contribution < 1.29 is 4.42 Å². The second-order valence-electron chi connectivity index (χ2n) is 15.3. The van der Waals surface area contributed by atoms with Gasteiger partial charge in [-0.1, -0.05) is 182 Å². The molecule has 0 unspecified atom stereocenters. The maximum Gasteiger partial charge on any atom is 0.135 e. The number of nitrogens with zero attached hydrogens (tertiary/aromatic N) is 1. The van der Waals surface area contributed by atoms with Gasteiger partial charge in [-0.3, -0.25) is 0 Å². The molecular weight excluding hydrogens is 727 g/mol. The number of hydrogen-bond acceptors (Lipinski definition) is 2. The summed E-state index contributed by atoms with van der Waals surface area (Å²) in [5, 5.41) is 4.66. The standard InChI is InChI=1S/C58H39NO/c1-4-15-41(16-5-1)49-35-33-48(39-54(49)44-19-8-3-9-20-44)59(56-25-14-22-42-21-10-11-23-51(42)56)47-31-27-40(28-32-47)45-29-34-50(53(37-45)43-17-6-2-7-18-43)46-30-36-58-55(38-46)52-24-12-13-26-57(52)60-58/h1-39H. The first kappa shape index (κ1) is 35.2. The van der Waals surface area contributed by atoms with Crippen LogP contribution in [0.5, 0.6) is 0 Å². The van der Waals surface area contributed by atoms with Crippen LogP contribution >= 0.6 is 0 Å².